The summed E-state index contributed by atoms with van der Waals surface area (Å²) in [6.07, 6.45) is 0.0103. The van der Waals surface area contributed by atoms with Gasteiger partial charge in [-0.15, -0.1) is 0 Å². The molecule has 4 heteroatoms. The first kappa shape index (κ1) is 11.4. The Hall–Kier alpha value is -0.0700. The Labute approximate surface area is 111 Å². The van der Waals surface area contributed by atoms with Gasteiger partial charge in [0.1, 0.15) is 11.9 Å². The highest BCUT2D eigenvalue weighted by atomic mass is 127. The average Bonchev–Trinajstić information content (AvgIpc) is 2.60. The van der Waals surface area contributed by atoms with Gasteiger partial charge < -0.3 is 9.47 Å². The molecule has 1 aromatic rings. The maximum atomic E-state index is 5.70. The predicted molar refractivity (Wildman–Crippen MR) is 71.7 cm³/mol. The highest BCUT2D eigenvalue weighted by molar-refractivity contribution is 14.1. The highest BCUT2D eigenvalue weighted by Gasteiger charge is 2.26. The van der Waals surface area contributed by atoms with Crippen LogP contribution in [-0.4, -0.2) is 13.7 Å². The van der Waals surface area contributed by atoms with Crippen LogP contribution in [-0.2, 0) is 4.74 Å². The van der Waals surface area contributed by atoms with Gasteiger partial charge in [0.2, 0.25) is 0 Å². The molecular weight excluding hydrogens is 371 g/mol. The lowest BCUT2D eigenvalue weighted by Gasteiger charge is -2.14. The summed E-state index contributed by atoms with van der Waals surface area (Å²) in [6, 6.07) is 7.95. The van der Waals surface area contributed by atoms with Crippen LogP contribution in [0.2, 0.25) is 0 Å². The normalized spacial score (nSPS) is 20.9. The van der Waals surface area contributed by atoms with Crippen molar-refractivity contribution in [2.45, 2.75) is 6.10 Å². The van der Waals surface area contributed by atoms with E-state index in [-0.39, 0.29) is 6.10 Å². The van der Waals surface area contributed by atoms with E-state index in [9.17, 15) is 0 Å². The quantitative estimate of drug-likeness (QED) is 0.726. The standard InChI is InChI=1S/C11H10BrIO2/c1-14-9-5-3-2-4-7(9)11-10(13)8(12)6-15-11/h2-5,11H,6H2,1H3. The van der Waals surface area contributed by atoms with Gasteiger partial charge in [-0.25, -0.2) is 0 Å². The SMILES string of the molecule is COc1ccccc1C1OCC(Br)=C1I. The lowest BCUT2D eigenvalue weighted by molar-refractivity contribution is 0.125. The average molecular weight is 381 g/mol. The van der Waals surface area contributed by atoms with Crippen LogP contribution in [0.15, 0.2) is 32.3 Å². The Morgan fingerprint density at radius 2 is 2.20 bits per heavy atom. The van der Waals surface area contributed by atoms with Crippen molar-refractivity contribution in [1.82, 2.24) is 0 Å². The number of halogens is 2. The van der Waals surface area contributed by atoms with Crippen molar-refractivity contribution < 1.29 is 9.47 Å². The summed E-state index contributed by atoms with van der Waals surface area (Å²) < 4.78 is 13.3. The van der Waals surface area contributed by atoms with E-state index in [0.29, 0.717) is 6.61 Å². The van der Waals surface area contributed by atoms with Gasteiger partial charge >= 0.3 is 0 Å². The molecule has 1 aliphatic rings. The third-order valence-corrected chi connectivity index (χ3v) is 4.90. The van der Waals surface area contributed by atoms with Gasteiger partial charge in [0, 0.05) is 13.6 Å². The second-order valence-electron chi connectivity index (χ2n) is 3.19. The number of hydrogen-bond acceptors (Lipinski definition) is 2. The second kappa shape index (κ2) is 4.84. The number of methoxy groups -OCH3 is 1. The summed E-state index contributed by atoms with van der Waals surface area (Å²) in [5.74, 6) is 0.874. The van der Waals surface area contributed by atoms with Gasteiger partial charge in [0.15, 0.2) is 0 Å². The topological polar surface area (TPSA) is 18.5 Å². The van der Waals surface area contributed by atoms with Crippen LogP contribution in [0.25, 0.3) is 0 Å². The van der Waals surface area contributed by atoms with Crippen LogP contribution in [0.5, 0.6) is 5.75 Å². The van der Waals surface area contributed by atoms with Gasteiger partial charge in [-0.2, -0.15) is 0 Å². The number of hydrogen-bond donors (Lipinski definition) is 0. The van der Waals surface area contributed by atoms with E-state index in [4.69, 9.17) is 9.47 Å². The summed E-state index contributed by atoms with van der Waals surface area (Å²) in [5, 5.41) is 0. The Morgan fingerprint density at radius 1 is 1.47 bits per heavy atom. The van der Waals surface area contributed by atoms with Crippen LogP contribution < -0.4 is 4.74 Å². The fourth-order valence-electron chi connectivity index (χ4n) is 1.55. The molecule has 2 rings (SSSR count). The van der Waals surface area contributed by atoms with Gasteiger partial charge in [-0.3, -0.25) is 0 Å². The minimum Gasteiger partial charge on any atom is -0.496 e. The predicted octanol–water partition coefficient (Wildman–Crippen LogP) is 3.81. The van der Waals surface area contributed by atoms with Crippen molar-refractivity contribution in [3.8, 4) is 5.75 Å². The molecule has 0 spiro atoms. The van der Waals surface area contributed by atoms with E-state index in [1.807, 2.05) is 24.3 Å². The van der Waals surface area contributed by atoms with Gasteiger partial charge in [-0.1, -0.05) is 34.1 Å². The molecule has 1 aromatic carbocycles. The van der Waals surface area contributed by atoms with Crippen LogP contribution in [0, 0.1) is 0 Å². The molecular formula is C11H10BrIO2. The molecule has 0 aliphatic carbocycles. The third-order valence-electron chi connectivity index (χ3n) is 2.29. The van der Waals surface area contributed by atoms with E-state index >= 15 is 0 Å². The summed E-state index contributed by atoms with van der Waals surface area (Å²) in [4.78, 5) is 0. The zero-order valence-corrected chi connectivity index (χ0v) is 11.9. The lowest BCUT2D eigenvalue weighted by atomic mass is 10.1. The van der Waals surface area contributed by atoms with E-state index in [1.165, 1.54) is 3.58 Å². The van der Waals surface area contributed by atoms with Crippen LogP contribution >= 0.6 is 38.5 Å². The zero-order valence-electron chi connectivity index (χ0n) is 8.17. The molecule has 0 saturated heterocycles. The highest BCUT2D eigenvalue weighted by Crippen LogP contribution is 2.43. The van der Waals surface area contributed by atoms with Crippen molar-refractivity contribution in [3.05, 3.63) is 37.9 Å². The molecule has 0 aromatic heterocycles. The molecule has 2 nitrogen and oxygen atoms in total. The molecule has 1 heterocycles. The fraction of sp³-hybridized carbons (Fsp3) is 0.273. The summed E-state index contributed by atoms with van der Waals surface area (Å²) in [6.45, 7) is 0.640. The maximum absolute atomic E-state index is 5.70. The van der Waals surface area contributed by atoms with Gasteiger partial charge in [0.05, 0.1) is 13.7 Å². The smallest absolute Gasteiger partial charge is 0.125 e. The summed E-state index contributed by atoms with van der Waals surface area (Å²) in [7, 11) is 1.68. The number of rotatable bonds is 2. The van der Waals surface area contributed by atoms with Crippen LogP contribution in [0.3, 0.4) is 0 Å². The summed E-state index contributed by atoms with van der Waals surface area (Å²) in [5.41, 5.74) is 1.08. The molecule has 0 radical (unpaired) electrons. The Kier molecular flexibility index (Phi) is 3.69. The minimum absolute atomic E-state index is 0.0103. The van der Waals surface area contributed by atoms with Crippen LogP contribution in [0.1, 0.15) is 11.7 Å². The van der Waals surface area contributed by atoms with Crippen LogP contribution in [0.4, 0.5) is 0 Å². The summed E-state index contributed by atoms with van der Waals surface area (Å²) >= 11 is 5.80. The Bertz CT molecular complexity index is 403. The zero-order chi connectivity index (χ0) is 10.8. The molecule has 0 bridgehead atoms. The van der Waals surface area contributed by atoms with Crippen molar-refractivity contribution in [3.63, 3.8) is 0 Å². The first-order valence-corrected chi connectivity index (χ1v) is 6.39. The number of benzene rings is 1. The molecule has 0 fully saturated rings. The van der Waals surface area contributed by atoms with Gasteiger partial charge in [0.25, 0.3) is 0 Å². The number of para-hydroxylation sites is 1. The van der Waals surface area contributed by atoms with E-state index in [0.717, 1.165) is 15.8 Å². The van der Waals surface area contributed by atoms with Crippen molar-refractivity contribution in [2.75, 3.05) is 13.7 Å². The van der Waals surface area contributed by atoms with Gasteiger partial charge in [-0.05, 0) is 28.7 Å². The second-order valence-corrected chi connectivity index (χ2v) is 5.31. The first-order chi connectivity index (χ1) is 7.24. The molecule has 0 N–H and O–H groups in total. The van der Waals surface area contributed by atoms with Crippen molar-refractivity contribution in [2.24, 2.45) is 0 Å². The molecule has 1 unspecified atom stereocenters. The maximum Gasteiger partial charge on any atom is 0.125 e. The van der Waals surface area contributed by atoms with Crippen molar-refractivity contribution >= 4 is 38.5 Å². The monoisotopic (exact) mass is 380 g/mol. The molecule has 15 heavy (non-hydrogen) atoms. The molecule has 0 amide bonds. The van der Waals surface area contributed by atoms with E-state index < -0.39 is 0 Å². The Morgan fingerprint density at radius 3 is 2.80 bits per heavy atom. The van der Waals surface area contributed by atoms with E-state index in [1.54, 1.807) is 7.11 Å². The Balaban J connectivity index is 2.38. The van der Waals surface area contributed by atoms with Crippen molar-refractivity contribution in [1.29, 1.82) is 0 Å². The molecule has 80 valence electrons. The molecule has 1 aliphatic heterocycles. The largest absolute Gasteiger partial charge is 0.496 e. The van der Waals surface area contributed by atoms with E-state index in [2.05, 4.69) is 38.5 Å². The lowest BCUT2D eigenvalue weighted by Crippen LogP contribution is -2.00. The molecule has 1 atom stereocenters. The minimum atomic E-state index is 0.0103. The number of ether oxygens (including phenoxy) is 2. The fourth-order valence-corrected chi connectivity index (χ4v) is 2.56. The molecule has 0 saturated carbocycles. The third kappa shape index (κ3) is 2.21. The first-order valence-electron chi connectivity index (χ1n) is 4.52.